The Morgan fingerprint density at radius 2 is 1.89 bits per heavy atom. The molecule has 1 aromatic rings. The van der Waals surface area contributed by atoms with Crippen LogP contribution in [0.5, 0.6) is 0 Å². The second-order valence-corrected chi connectivity index (χ2v) is 6.58. The third-order valence-corrected chi connectivity index (χ3v) is 4.88. The topological polar surface area (TPSA) is 46.2 Å². The second-order valence-electron chi connectivity index (χ2n) is 4.87. The largest absolute Gasteiger partial charge is 0.240 e. The monoisotopic (exact) mass is 271 g/mol. The fourth-order valence-electron chi connectivity index (χ4n) is 2.29. The van der Waals surface area contributed by atoms with Gasteiger partial charge in [-0.05, 0) is 43.5 Å². The lowest BCUT2D eigenvalue weighted by atomic mass is 9.96. The zero-order valence-corrected chi connectivity index (χ0v) is 11.3. The number of aryl methyl sites for hydroxylation is 1. The average molecular weight is 271 g/mol. The van der Waals surface area contributed by atoms with Crippen LogP contribution in [0.15, 0.2) is 23.1 Å². The van der Waals surface area contributed by atoms with E-state index in [-0.39, 0.29) is 16.8 Å². The molecule has 0 atom stereocenters. The molecule has 0 unspecified atom stereocenters. The van der Waals surface area contributed by atoms with Gasteiger partial charge in [0.15, 0.2) is 0 Å². The normalized spacial score (nSPS) is 17.9. The first kappa shape index (κ1) is 13.5. The number of rotatable bonds is 3. The second kappa shape index (κ2) is 5.36. The molecule has 0 aromatic heterocycles. The van der Waals surface area contributed by atoms with Crippen LogP contribution < -0.4 is 4.72 Å². The van der Waals surface area contributed by atoms with Gasteiger partial charge in [-0.15, -0.1) is 0 Å². The number of benzene rings is 1. The van der Waals surface area contributed by atoms with Crippen molar-refractivity contribution in [3.63, 3.8) is 0 Å². The first-order chi connectivity index (χ1) is 8.49. The Hall–Kier alpha value is -0.940. The van der Waals surface area contributed by atoms with Gasteiger partial charge in [0.1, 0.15) is 5.82 Å². The van der Waals surface area contributed by atoms with Crippen LogP contribution in [0.25, 0.3) is 0 Å². The smallest absolute Gasteiger partial charge is 0.208 e. The minimum absolute atomic E-state index is 0.0223. The minimum Gasteiger partial charge on any atom is -0.208 e. The van der Waals surface area contributed by atoms with Gasteiger partial charge in [0.25, 0.3) is 0 Å². The van der Waals surface area contributed by atoms with E-state index < -0.39 is 10.0 Å². The van der Waals surface area contributed by atoms with Crippen LogP contribution in [0.3, 0.4) is 0 Å². The quantitative estimate of drug-likeness (QED) is 0.918. The van der Waals surface area contributed by atoms with Gasteiger partial charge < -0.3 is 0 Å². The summed E-state index contributed by atoms with van der Waals surface area (Å²) in [4.78, 5) is 0.145. The van der Waals surface area contributed by atoms with Crippen LogP contribution in [-0.4, -0.2) is 14.5 Å². The molecule has 1 fully saturated rings. The van der Waals surface area contributed by atoms with Gasteiger partial charge in [0.2, 0.25) is 10.0 Å². The Kier molecular flexibility index (Phi) is 4.02. The van der Waals surface area contributed by atoms with Crippen LogP contribution in [0.2, 0.25) is 0 Å². The highest BCUT2D eigenvalue weighted by atomic mass is 32.2. The molecule has 0 radical (unpaired) electrons. The lowest BCUT2D eigenvalue weighted by Crippen LogP contribution is -2.36. The van der Waals surface area contributed by atoms with Gasteiger partial charge in [0, 0.05) is 6.04 Å². The third kappa shape index (κ3) is 3.09. The van der Waals surface area contributed by atoms with Crippen molar-refractivity contribution in [2.75, 3.05) is 0 Å². The van der Waals surface area contributed by atoms with Crippen molar-refractivity contribution < 1.29 is 12.8 Å². The van der Waals surface area contributed by atoms with E-state index in [1.54, 1.807) is 6.92 Å². The number of sulfonamides is 1. The maximum Gasteiger partial charge on any atom is 0.240 e. The molecule has 0 bridgehead atoms. The van der Waals surface area contributed by atoms with Crippen molar-refractivity contribution in [3.05, 3.63) is 29.6 Å². The summed E-state index contributed by atoms with van der Waals surface area (Å²) >= 11 is 0. The summed E-state index contributed by atoms with van der Waals surface area (Å²) in [5.41, 5.74) is 0.349. The van der Waals surface area contributed by atoms with E-state index in [0.717, 1.165) is 25.7 Å². The molecule has 1 saturated carbocycles. The summed E-state index contributed by atoms with van der Waals surface area (Å²) in [5, 5.41) is 0. The van der Waals surface area contributed by atoms with Crippen LogP contribution in [0.4, 0.5) is 4.39 Å². The molecule has 0 amide bonds. The highest BCUT2D eigenvalue weighted by Crippen LogP contribution is 2.20. The molecule has 0 heterocycles. The molecule has 18 heavy (non-hydrogen) atoms. The van der Waals surface area contributed by atoms with Gasteiger partial charge in [-0.25, -0.2) is 17.5 Å². The van der Waals surface area contributed by atoms with Crippen molar-refractivity contribution in [3.8, 4) is 0 Å². The lowest BCUT2D eigenvalue weighted by Gasteiger charge is -2.22. The van der Waals surface area contributed by atoms with Crippen molar-refractivity contribution in [1.29, 1.82) is 0 Å². The molecule has 100 valence electrons. The zero-order valence-electron chi connectivity index (χ0n) is 10.4. The van der Waals surface area contributed by atoms with E-state index in [9.17, 15) is 12.8 Å². The highest BCUT2D eigenvalue weighted by molar-refractivity contribution is 7.89. The SMILES string of the molecule is Cc1cc(S(=O)(=O)NC2CCCCC2)ccc1F. The highest BCUT2D eigenvalue weighted by Gasteiger charge is 2.22. The van der Waals surface area contributed by atoms with Crippen LogP contribution in [0, 0.1) is 12.7 Å². The fraction of sp³-hybridized carbons (Fsp3) is 0.538. The molecule has 2 rings (SSSR count). The molecule has 1 aromatic carbocycles. The van der Waals surface area contributed by atoms with Gasteiger partial charge in [-0.1, -0.05) is 19.3 Å². The molecule has 1 aliphatic carbocycles. The Bertz CT molecular complexity index is 522. The van der Waals surface area contributed by atoms with Gasteiger partial charge in [-0.3, -0.25) is 0 Å². The Labute approximate surface area is 107 Å². The summed E-state index contributed by atoms with van der Waals surface area (Å²) in [6.07, 6.45) is 5.08. The molecule has 0 saturated heterocycles. The summed E-state index contributed by atoms with van der Waals surface area (Å²) in [5.74, 6) is -0.383. The van der Waals surface area contributed by atoms with E-state index in [4.69, 9.17) is 0 Å². The molecule has 5 heteroatoms. The number of hydrogen-bond acceptors (Lipinski definition) is 2. The van der Waals surface area contributed by atoms with E-state index in [0.29, 0.717) is 5.56 Å². The van der Waals surface area contributed by atoms with Crippen molar-refractivity contribution in [1.82, 2.24) is 4.72 Å². The van der Waals surface area contributed by atoms with Crippen LogP contribution in [-0.2, 0) is 10.0 Å². The van der Waals surface area contributed by atoms with Gasteiger partial charge in [0.05, 0.1) is 4.90 Å². The predicted molar refractivity (Wildman–Crippen MR) is 68.3 cm³/mol. The van der Waals surface area contributed by atoms with E-state index in [1.165, 1.54) is 24.6 Å². The van der Waals surface area contributed by atoms with Gasteiger partial charge >= 0.3 is 0 Å². The summed E-state index contributed by atoms with van der Waals surface area (Å²) in [7, 11) is -3.52. The molecule has 1 aliphatic rings. The van der Waals surface area contributed by atoms with Crippen molar-refractivity contribution >= 4 is 10.0 Å². The van der Waals surface area contributed by atoms with E-state index in [1.807, 2.05) is 0 Å². The molecule has 1 N–H and O–H groups in total. The zero-order chi connectivity index (χ0) is 13.2. The Morgan fingerprint density at radius 1 is 1.22 bits per heavy atom. The first-order valence-electron chi connectivity index (χ1n) is 6.27. The van der Waals surface area contributed by atoms with E-state index in [2.05, 4.69) is 4.72 Å². The number of hydrogen-bond donors (Lipinski definition) is 1. The summed E-state index contributed by atoms with van der Waals surface area (Å²) in [6.45, 7) is 1.56. The standard InChI is InChI=1S/C13H18FNO2S/c1-10-9-12(7-8-13(10)14)18(16,17)15-11-5-3-2-4-6-11/h7-9,11,15H,2-6H2,1H3. The molecule has 0 spiro atoms. The maximum absolute atomic E-state index is 13.1. The van der Waals surface area contributed by atoms with Crippen molar-refractivity contribution in [2.45, 2.75) is 50.0 Å². The minimum atomic E-state index is -3.52. The predicted octanol–water partition coefficient (Wildman–Crippen LogP) is 2.75. The van der Waals surface area contributed by atoms with Crippen LogP contribution in [0.1, 0.15) is 37.7 Å². The maximum atomic E-state index is 13.1. The van der Waals surface area contributed by atoms with Crippen molar-refractivity contribution in [2.24, 2.45) is 0 Å². The number of nitrogens with one attached hydrogen (secondary N) is 1. The average Bonchev–Trinajstić information content (AvgIpc) is 2.33. The Morgan fingerprint density at radius 3 is 2.50 bits per heavy atom. The van der Waals surface area contributed by atoms with E-state index >= 15 is 0 Å². The number of halogens is 1. The Balaban J connectivity index is 2.16. The third-order valence-electron chi connectivity index (χ3n) is 3.37. The fourth-order valence-corrected chi connectivity index (χ4v) is 3.68. The molecular weight excluding hydrogens is 253 g/mol. The van der Waals surface area contributed by atoms with Gasteiger partial charge in [-0.2, -0.15) is 0 Å². The summed E-state index contributed by atoms with van der Waals surface area (Å²) < 4.78 is 40.1. The summed E-state index contributed by atoms with van der Waals surface area (Å²) in [6, 6.07) is 3.91. The molecule has 0 aliphatic heterocycles. The lowest BCUT2D eigenvalue weighted by molar-refractivity contribution is 0.412. The molecule has 3 nitrogen and oxygen atoms in total. The first-order valence-corrected chi connectivity index (χ1v) is 7.76. The molecular formula is C13H18FNO2S. The van der Waals surface area contributed by atoms with Crippen LogP contribution >= 0.6 is 0 Å².